The lowest BCUT2D eigenvalue weighted by atomic mass is 9.89. The van der Waals surface area contributed by atoms with E-state index in [9.17, 15) is 4.79 Å². The van der Waals surface area contributed by atoms with E-state index in [0.717, 1.165) is 18.5 Å². The van der Waals surface area contributed by atoms with Gasteiger partial charge in [-0.25, -0.2) is 0 Å². The highest BCUT2D eigenvalue weighted by Crippen LogP contribution is 2.19. The summed E-state index contributed by atoms with van der Waals surface area (Å²) in [5.41, 5.74) is 11.4. The van der Waals surface area contributed by atoms with Crippen LogP contribution in [0.2, 0.25) is 0 Å². The molecule has 4 N–H and O–H groups in total. The fraction of sp³-hybridized carbons (Fsp3) is 0.533. The number of carbonyl (C=O) groups excluding carboxylic acids is 1. The fourth-order valence-electron chi connectivity index (χ4n) is 2.20. The second-order valence-electron chi connectivity index (χ2n) is 5.41. The minimum absolute atomic E-state index is 0.427. The third-order valence-corrected chi connectivity index (χ3v) is 3.57. The van der Waals surface area contributed by atoms with Crippen molar-refractivity contribution in [1.29, 1.82) is 0 Å². The molecule has 4 nitrogen and oxygen atoms in total. The first-order valence-corrected chi connectivity index (χ1v) is 6.73. The highest BCUT2D eigenvalue weighted by atomic mass is 16.1. The van der Waals surface area contributed by atoms with Crippen LogP contribution in [0.1, 0.15) is 25.8 Å². The van der Waals surface area contributed by atoms with Crippen molar-refractivity contribution in [3.63, 3.8) is 0 Å². The van der Waals surface area contributed by atoms with Crippen molar-refractivity contribution in [3.05, 3.63) is 35.9 Å². The summed E-state index contributed by atoms with van der Waals surface area (Å²) in [5.74, 6) is 0.0765. The van der Waals surface area contributed by atoms with Gasteiger partial charge in [-0.2, -0.15) is 0 Å². The first-order valence-electron chi connectivity index (χ1n) is 6.73. The Morgan fingerprint density at radius 3 is 2.42 bits per heavy atom. The Bertz CT molecular complexity index is 407. The highest BCUT2D eigenvalue weighted by molar-refractivity contribution is 5.86. The molecule has 0 spiro atoms. The maximum absolute atomic E-state index is 11.8. The summed E-state index contributed by atoms with van der Waals surface area (Å²) in [7, 11) is 1.97. The van der Waals surface area contributed by atoms with Crippen molar-refractivity contribution in [1.82, 2.24) is 4.90 Å². The van der Waals surface area contributed by atoms with E-state index >= 15 is 0 Å². The Morgan fingerprint density at radius 2 is 1.95 bits per heavy atom. The van der Waals surface area contributed by atoms with Gasteiger partial charge in [-0.1, -0.05) is 50.6 Å². The average Bonchev–Trinajstić information content (AvgIpc) is 2.39. The Morgan fingerprint density at radius 1 is 1.37 bits per heavy atom. The second kappa shape index (κ2) is 6.68. The molecule has 0 heterocycles. The van der Waals surface area contributed by atoms with Gasteiger partial charge in [0.05, 0.1) is 0 Å². The molecule has 1 rings (SSSR count). The maximum Gasteiger partial charge on any atom is 0.243 e. The van der Waals surface area contributed by atoms with Crippen LogP contribution in [-0.4, -0.2) is 30.9 Å². The number of hydrogen-bond donors (Lipinski definition) is 2. The van der Waals surface area contributed by atoms with E-state index in [1.807, 2.05) is 37.4 Å². The molecule has 106 valence electrons. The summed E-state index contributed by atoms with van der Waals surface area (Å²) in [4.78, 5) is 13.9. The largest absolute Gasteiger partial charge is 0.368 e. The number of carbonyl (C=O) groups is 1. The van der Waals surface area contributed by atoms with Crippen LogP contribution in [0.3, 0.4) is 0 Å². The highest BCUT2D eigenvalue weighted by Gasteiger charge is 2.35. The van der Waals surface area contributed by atoms with E-state index in [0.29, 0.717) is 12.5 Å². The maximum atomic E-state index is 11.8. The van der Waals surface area contributed by atoms with Crippen LogP contribution in [0.25, 0.3) is 0 Å². The van der Waals surface area contributed by atoms with Crippen molar-refractivity contribution in [3.8, 4) is 0 Å². The Balaban J connectivity index is 2.87. The van der Waals surface area contributed by atoms with Gasteiger partial charge in [0.25, 0.3) is 0 Å². The number of likely N-dealkylation sites (N-methyl/N-ethyl adjacent to an activating group) is 1. The molecule has 0 aliphatic carbocycles. The van der Waals surface area contributed by atoms with Crippen LogP contribution in [0.4, 0.5) is 0 Å². The van der Waals surface area contributed by atoms with Crippen LogP contribution < -0.4 is 11.5 Å². The van der Waals surface area contributed by atoms with Crippen LogP contribution in [-0.2, 0) is 10.3 Å². The van der Waals surface area contributed by atoms with Crippen molar-refractivity contribution in [2.24, 2.45) is 17.4 Å². The van der Waals surface area contributed by atoms with Gasteiger partial charge in [-0.05, 0) is 18.5 Å². The summed E-state index contributed by atoms with van der Waals surface area (Å²) < 4.78 is 0. The minimum atomic E-state index is -1.14. The fourth-order valence-corrected chi connectivity index (χ4v) is 2.20. The zero-order valence-corrected chi connectivity index (χ0v) is 12.1. The molecule has 0 bridgehead atoms. The number of rotatable bonds is 7. The molecule has 1 aromatic rings. The number of benzene rings is 1. The first-order chi connectivity index (χ1) is 8.90. The SMILES string of the molecule is CCC(C)CN(C)CC(N)(C(N)=O)c1ccccc1. The first kappa shape index (κ1) is 15.7. The van der Waals surface area contributed by atoms with Gasteiger partial charge in [-0.15, -0.1) is 0 Å². The zero-order chi connectivity index (χ0) is 14.5. The molecule has 0 saturated carbocycles. The molecule has 0 fully saturated rings. The normalized spacial score (nSPS) is 16.1. The molecule has 0 aromatic heterocycles. The Labute approximate surface area is 115 Å². The lowest BCUT2D eigenvalue weighted by Gasteiger charge is -2.32. The van der Waals surface area contributed by atoms with Gasteiger partial charge in [0.2, 0.25) is 5.91 Å². The lowest BCUT2D eigenvalue weighted by Crippen LogP contribution is -2.56. The average molecular weight is 263 g/mol. The molecular weight excluding hydrogens is 238 g/mol. The monoisotopic (exact) mass is 263 g/mol. The van der Waals surface area contributed by atoms with Crippen LogP contribution in [0.5, 0.6) is 0 Å². The summed E-state index contributed by atoms with van der Waals surface area (Å²) in [6, 6.07) is 9.33. The number of amides is 1. The molecule has 4 heteroatoms. The molecule has 1 aromatic carbocycles. The van der Waals surface area contributed by atoms with E-state index < -0.39 is 11.4 Å². The van der Waals surface area contributed by atoms with Crippen molar-refractivity contribution in [2.45, 2.75) is 25.8 Å². The Kier molecular flexibility index (Phi) is 5.51. The summed E-state index contributed by atoms with van der Waals surface area (Å²) in [6.07, 6.45) is 1.10. The molecule has 2 atom stereocenters. The van der Waals surface area contributed by atoms with Gasteiger partial charge in [0.1, 0.15) is 5.54 Å². The summed E-state index contributed by atoms with van der Waals surface area (Å²) in [5, 5.41) is 0. The third-order valence-electron chi connectivity index (χ3n) is 3.57. The van der Waals surface area contributed by atoms with Crippen LogP contribution in [0.15, 0.2) is 30.3 Å². The summed E-state index contributed by atoms with van der Waals surface area (Å²) >= 11 is 0. The molecule has 0 aliphatic heterocycles. The van der Waals surface area contributed by atoms with Gasteiger partial charge in [-0.3, -0.25) is 4.79 Å². The topological polar surface area (TPSA) is 72.3 Å². The molecule has 0 saturated heterocycles. The third kappa shape index (κ3) is 4.04. The second-order valence-corrected chi connectivity index (χ2v) is 5.41. The molecule has 19 heavy (non-hydrogen) atoms. The Hall–Kier alpha value is -1.39. The van der Waals surface area contributed by atoms with E-state index in [4.69, 9.17) is 11.5 Å². The molecule has 2 unspecified atom stereocenters. The van der Waals surface area contributed by atoms with E-state index in [2.05, 4.69) is 18.7 Å². The van der Waals surface area contributed by atoms with Crippen LogP contribution >= 0.6 is 0 Å². The van der Waals surface area contributed by atoms with Crippen molar-refractivity contribution < 1.29 is 4.79 Å². The lowest BCUT2D eigenvalue weighted by molar-refractivity contribution is -0.124. The molecule has 0 radical (unpaired) electrons. The standard InChI is InChI=1S/C15H25N3O/c1-4-12(2)10-18(3)11-15(17,14(16)19)13-8-6-5-7-9-13/h5-9,12H,4,10-11,17H2,1-3H3,(H2,16,19). The van der Waals surface area contributed by atoms with Crippen molar-refractivity contribution >= 4 is 5.91 Å². The smallest absolute Gasteiger partial charge is 0.243 e. The quantitative estimate of drug-likeness (QED) is 0.779. The number of nitrogens with two attached hydrogens (primary N) is 2. The summed E-state index contributed by atoms with van der Waals surface area (Å²) in [6.45, 7) is 5.66. The van der Waals surface area contributed by atoms with Gasteiger partial charge in [0.15, 0.2) is 0 Å². The van der Waals surface area contributed by atoms with E-state index in [-0.39, 0.29) is 0 Å². The zero-order valence-electron chi connectivity index (χ0n) is 12.1. The molecular formula is C15H25N3O. The molecule has 0 aliphatic rings. The van der Waals surface area contributed by atoms with E-state index in [1.54, 1.807) is 0 Å². The predicted molar refractivity (Wildman–Crippen MR) is 78.5 cm³/mol. The molecule has 1 amide bonds. The minimum Gasteiger partial charge on any atom is -0.368 e. The van der Waals surface area contributed by atoms with Gasteiger partial charge in [0, 0.05) is 13.1 Å². The number of primary amides is 1. The van der Waals surface area contributed by atoms with Gasteiger partial charge >= 0.3 is 0 Å². The number of hydrogen-bond acceptors (Lipinski definition) is 3. The van der Waals surface area contributed by atoms with Crippen molar-refractivity contribution in [2.75, 3.05) is 20.1 Å². The van der Waals surface area contributed by atoms with Gasteiger partial charge < -0.3 is 16.4 Å². The number of nitrogens with zero attached hydrogens (tertiary/aromatic N) is 1. The predicted octanol–water partition coefficient (Wildman–Crippen LogP) is 1.30. The van der Waals surface area contributed by atoms with E-state index in [1.165, 1.54) is 0 Å². The van der Waals surface area contributed by atoms with Crippen LogP contribution in [0, 0.1) is 5.92 Å².